The average Bonchev–Trinajstić information content (AvgIpc) is 2.39. The number of hydrogen-bond acceptors (Lipinski definition) is 5. The Labute approximate surface area is 133 Å². The Morgan fingerprint density at radius 1 is 1.18 bits per heavy atom. The molecule has 1 fully saturated rings. The van der Waals surface area contributed by atoms with Crippen molar-refractivity contribution >= 4 is 15.8 Å². The molecule has 0 bridgehead atoms. The lowest BCUT2D eigenvalue weighted by Gasteiger charge is -2.32. The molecule has 0 aliphatic heterocycles. The lowest BCUT2D eigenvalue weighted by molar-refractivity contribution is 0.378. The van der Waals surface area contributed by atoms with E-state index in [-0.39, 0.29) is 17.5 Å². The molecule has 1 heterocycles. The van der Waals surface area contributed by atoms with Crippen molar-refractivity contribution in [2.45, 2.75) is 64.0 Å². The first kappa shape index (κ1) is 17.1. The van der Waals surface area contributed by atoms with Gasteiger partial charge in [0.2, 0.25) is 10.0 Å². The van der Waals surface area contributed by atoms with Crippen molar-refractivity contribution in [2.75, 3.05) is 11.6 Å². The van der Waals surface area contributed by atoms with Crippen molar-refractivity contribution in [2.24, 2.45) is 0 Å². The third-order valence-corrected chi connectivity index (χ3v) is 4.52. The van der Waals surface area contributed by atoms with Crippen LogP contribution < -0.4 is 10.0 Å². The summed E-state index contributed by atoms with van der Waals surface area (Å²) in [6.07, 6.45) is 6.88. The van der Waals surface area contributed by atoms with Gasteiger partial charge in [0.05, 0.1) is 6.26 Å². The minimum absolute atomic E-state index is 0.0613. The van der Waals surface area contributed by atoms with Gasteiger partial charge in [0, 0.05) is 23.7 Å². The van der Waals surface area contributed by atoms with Gasteiger partial charge in [-0.15, -0.1) is 0 Å². The van der Waals surface area contributed by atoms with Crippen molar-refractivity contribution in [1.82, 2.24) is 14.7 Å². The van der Waals surface area contributed by atoms with E-state index in [2.05, 4.69) is 40.8 Å². The molecule has 2 N–H and O–H groups in total. The summed E-state index contributed by atoms with van der Waals surface area (Å²) in [6, 6.07) is 1.81. The van der Waals surface area contributed by atoms with Crippen LogP contribution >= 0.6 is 0 Å². The minimum atomic E-state index is -3.20. The Balaban J connectivity index is 2.13. The molecule has 124 valence electrons. The summed E-state index contributed by atoms with van der Waals surface area (Å²) >= 11 is 0. The third-order valence-electron chi connectivity index (χ3n) is 3.79. The van der Waals surface area contributed by atoms with E-state index >= 15 is 0 Å². The largest absolute Gasteiger partial charge is 0.366 e. The molecular weight excluding hydrogens is 300 g/mol. The number of nitrogens with one attached hydrogen (secondary N) is 2. The highest BCUT2D eigenvalue weighted by Crippen LogP contribution is 2.24. The van der Waals surface area contributed by atoms with Gasteiger partial charge in [-0.25, -0.2) is 23.1 Å². The maximum atomic E-state index is 11.5. The predicted molar refractivity (Wildman–Crippen MR) is 88.4 cm³/mol. The normalized spacial score (nSPS) is 23.3. The Morgan fingerprint density at radius 3 is 2.41 bits per heavy atom. The van der Waals surface area contributed by atoms with Crippen LogP contribution in [0.2, 0.25) is 0 Å². The summed E-state index contributed by atoms with van der Waals surface area (Å²) in [5.74, 6) is 1.54. The van der Waals surface area contributed by atoms with E-state index in [1.807, 2.05) is 6.07 Å². The van der Waals surface area contributed by atoms with Gasteiger partial charge < -0.3 is 5.32 Å². The minimum Gasteiger partial charge on any atom is -0.366 e. The fourth-order valence-corrected chi connectivity index (χ4v) is 3.54. The van der Waals surface area contributed by atoms with E-state index < -0.39 is 10.0 Å². The van der Waals surface area contributed by atoms with Crippen LogP contribution in [0.25, 0.3) is 0 Å². The van der Waals surface area contributed by atoms with E-state index in [0.717, 1.165) is 37.3 Å². The van der Waals surface area contributed by atoms with E-state index in [1.54, 1.807) is 6.20 Å². The molecule has 1 aromatic rings. The zero-order valence-electron chi connectivity index (χ0n) is 13.8. The van der Waals surface area contributed by atoms with Crippen LogP contribution in [0.15, 0.2) is 12.3 Å². The van der Waals surface area contributed by atoms with Gasteiger partial charge in [0.25, 0.3) is 0 Å². The second kappa shape index (κ2) is 6.50. The summed E-state index contributed by atoms with van der Waals surface area (Å²) in [5.41, 5.74) is -0.116. The van der Waals surface area contributed by atoms with Gasteiger partial charge in [-0.3, -0.25) is 0 Å². The summed E-state index contributed by atoms with van der Waals surface area (Å²) in [6.45, 7) is 6.21. The number of anilines is 1. The van der Waals surface area contributed by atoms with Crippen LogP contribution in [0.1, 0.15) is 52.3 Å². The quantitative estimate of drug-likeness (QED) is 0.884. The molecule has 1 aliphatic rings. The highest BCUT2D eigenvalue weighted by Gasteiger charge is 2.28. The zero-order chi connectivity index (χ0) is 16.4. The highest BCUT2D eigenvalue weighted by molar-refractivity contribution is 7.88. The van der Waals surface area contributed by atoms with Gasteiger partial charge >= 0.3 is 0 Å². The van der Waals surface area contributed by atoms with Crippen LogP contribution in [0.4, 0.5) is 5.82 Å². The Hall–Kier alpha value is -1.21. The topological polar surface area (TPSA) is 84.0 Å². The second-order valence-electron chi connectivity index (χ2n) is 7.05. The number of rotatable bonds is 4. The fraction of sp³-hybridized carbons (Fsp3) is 0.733. The van der Waals surface area contributed by atoms with Crippen molar-refractivity contribution in [3.05, 3.63) is 18.1 Å². The molecule has 2 atom stereocenters. The lowest BCUT2D eigenvalue weighted by atomic mass is 9.91. The summed E-state index contributed by atoms with van der Waals surface area (Å²) in [5, 5.41) is 3.39. The summed E-state index contributed by atoms with van der Waals surface area (Å²) in [4.78, 5) is 8.89. The van der Waals surface area contributed by atoms with Gasteiger partial charge in [-0.05, 0) is 18.9 Å². The number of aromatic nitrogens is 2. The molecule has 2 rings (SSSR count). The van der Waals surface area contributed by atoms with Crippen LogP contribution in [0.3, 0.4) is 0 Å². The molecule has 2 unspecified atom stereocenters. The Bertz CT molecular complexity index is 610. The van der Waals surface area contributed by atoms with Gasteiger partial charge in [-0.2, -0.15) is 0 Å². The van der Waals surface area contributed by atoms with Crippen molar-refractivity contribution in [1.29, 1.82) is 0 Å². The van der Waals surface area contributed by atoms with Crippen molar-refractivity contribution in [3.8, 4) is 0 Å². The summed E-state index contributed by atoms with van der Waals surface area (Å²) < 4.78 is 25.8. The maximum absolute atomic E-state index is 11.5. The van der Waals surface area contributed by atoms with Crippen LogP contribution in [0, 0.1) is 0 Å². The first-order chi connectivity index (χ1) is 10.1. The fourth-order valence-electron chi connectivity index (χ4n) is 2.71. The molecule has 1 aromatic heterocycles. The van der Waals surface area contributed by atoms with E-state index in [9.17, 15) is 8.42 Å². The van der Waals surface area contributed by atoms with Gasteiger partial charge in [0.1, 0.15) is 11.6 Å². The zero-order valence-corrected chi connectivity index (χ0v) is 14.6. The van der Waals surface area contributed by atoms with Crippen molar-refractivity contribution < 1.29 is 8.42 Å². The SMILES string of the molecule is CC(C)(C)c1nccc(NC2CCCCC2NS(C)(=O)=O)n1. The van der Waals surface area contributed by atoms with Gasteiger partial charge in [-0.1, -0.05) is 33.6 Å². The predicted octanol–water partition coefficient (Wildman–Crippen LogP) is 2.05. The maximum Gasteiger partial charge on any atom is 0.209 e. The molecule has 1 saturated carbocycles. The standard InChI is InChI=1S/C15H26N4O2S/c1-15(2,3)14-16-10-9-13(18-14)17-11-7-5-6-8-12(11)19-22(4,20)21/h9-12,19H,5-8H2,1-4H3,(H,16,17,18). The molecule has 0 spiro atoms. The summed E-state index contributed by atoms with van der Waals surface area (Å²) in [7, 11) is -3.20. The number of nitrogens with zero attached hydrogens (tertiary/aromatic N) is 2. The molecule has 1 aliphatic carbocycles. The first-order valence-corrected chi connectivity index (χ1v) is 9.62. The molecule has 6 nitrogen and oxygen atoms in total. The third kappa shape index (κ3) is 4.91. The molecule has 0 radical (unpaired) electrons. The number of sulfonamides is 1. The first-order valence-electron chi connectivity index (χ1n) is 7.72. The molecule has 0 aromatic carbocycles. The molecule has 7 heteroatoms. The highest BCUT2D eigenvalue weighted by atomic mass is 32.2. The van der Waals surface area contributed by atoms with E-state index in [4.69, 9.17) is 0 Å². The van der Waals surface area contributed by atoms with Gasteiger partial charge in [0.15, 0.2) is 0 Å². The van der Waals surface area contributed by atoms with Crippen LogP contribution in [-0.2, 0) is 15.4 Å². The monoisotopic (exact) mass is 326 g/mol. The van der Waals surface area contributed by atoms with Crippen molar-refractivity contribution in [3.63, 3.8) is 0 Å². The average molecular weight is 326 g/mol. The van der Waals surface area contributed by atoms with E-state index in [0.29, 0.717) is 0 Å². The molecule has 22 heavy (non-hydrogen) atoms. The number of hydrogen-bond donors (Lipinski definition) is 2. The lowest BCUT2D eigenvalue weighted by Crippen LogP contribution is -2.48. The second-order valence-corrected chi connectivity index (χ2v) is 8.83. The molecule has 0 saturated heterocycles. The molecule has 0 amide bonds. The van der Waals surface area contributed by atoms with Crippen LogP contribution in [0.5, 0.6) is 0 Å². The van der Waals surface area contributed by atoms with Crippen LogP contribution in [-0.4, -0.2) is 36.7 Å². The van der Waals surface area contributed by atoms with E-state index in [1.165, 1.54) is 6.26 Å². The Morgan fingerprint density at radius 2 is 1.82 bits per heavy atom. The molecular formula is C15H26N4O2S. The smallest absolute Gasteiger partial charge is 0.209 e. The Kier molecular flexibility index (Phi) is 5.07.